The number of anilines is 1. The molecule has 7 N–H and O–H groups in total. The summed E-state index contributed by atoms with van der Waals surface area (Å²) in [6, 6.07) is 3.87. The molecule has 0 bridgehead atoms. The molecule has 0 spiro atoms. The number of amides is 2. The Kier molecular flexibility index (Phi) is 7.86. The number of carbonyl (C=O) groups is 4. The number of amidine groups is 1. The lowest BCUT2D eigenvalue weighted by Gasteiger charge is -2.43. The fourth-order valence-corrected chi connectivity index (χ4v) is 3.90. The lowest BCUT2D eigenvalue weighted by molar-refractivity contribution is -0.140. The molecule has 0 radical (unpaired) electrons. The number of carbonyl (C=O) groups excluding carboxylic acids is 2. The molecule has 1 aromatic carbocycles. The number of nitrogens with one attached hydrogen (secondary N) is 2. The van der Waals surface area contributed by atoms with Crippen molar-refractivity contribution in [1.29, 1.82) is 0 Å². The number of aliphatic imine (C=N–C) groups is 2. The number of guanidine groups is 1. The van der Waals surface area contributed by atoms with Gasteiger partial charge in [0, 0.05) is 31.3 Å². The molecule has 2 heterocycles. The summed E-state index contributed by atoms with van der Waals surface area (Å²) in [7, 11) is 1.79. The van der Waals surface area contributed by atoms with Crippen molar-refractivity contribution in [2.45, 2.75) is 37.2 Å². The van der Waals surface area contributed by atoms with Crippen LogP contribution in [0.4, 0.5) is 5.69 Å². The van der Waals surface area contributed by atoms with Crippen molar-refractivity contribution >= 4 is 41.7 Å². The Bertz CT molecular complexity index is 1040. The highest BCUT2D eigenvalue weighted by Gasteiger charge is 2.40. The number of aliphatic hydroxyl groups is 1. The minimum Gasteiger partial charge on any atom is -0.481 e. The van der Waals surface area contributed by atoms with Gasteiger partial charge in [-0.05, 0) is 30.7 Å². The third-order valence-electron chi connectivity index (χ3n) is 5.73. The normalized spacial score (nSPS) is 22.0. The van der Waals surface area contributed by atoms with Crippen LogP contribution in [-0.2, 0) is 14.4 Å². The SMILES string of the molecule is CN(CC1CN=C2NC(N)=NC(O)C2N1C=O)c1ccc(C(=O)N[C@@H](CCC(=O)O)C(=O)O)cc1. The Morgan fingerprint density at radius 2 is 2.00 bits per heavy atom. The van der Waals surface area contributed by atoms with E-state index in [4.69, 9.17) is 10.8 Å². The molecule has 14 nitrogen and oxygen atoms in total. The van der Waals surface area contributed by atoms with Crippen LogP contribution in [0.2, 0.25) is 0 Å². The van der Waals surface area contributed by atoms with Gasteiger partial charge in [-0.15, -0.1) is 0 Å². The van der Waals surface area contributed by atoms with Gasteiger partial charge in [0.1, 0.15) is 17.9 Å². The fourth-order valence-electron chi connectivity index (χ4n) is 3.90. The third kappa shape index (κ3) is 6.03. The summed E-state index contributed by atoms with van der Waals surface area (Å²) in [4.78, 5) is 57.8. The van der Waals surface area contributed by atoms with E-state index < -0.39 is 36.2 Å². The van der Waals surface area contributed by atoms with Crippen LogP contribution in [0.3, 0.4) is 0 Å². The van der Waals surface area contributed by atoms with Gasteiger partial charge in [-0.2, -0.15) is 0 Å². The molecule has 0 aromatic heterocycles. The maximum atomic E-state index is 12.4. The first-order valence-electron chi connectivity index (χ1n) is 10.7. The molecule has 3 rings (SSSR count). The second kappa shape index (κ2) is 10.8. The van der Waals surface area contributed by atoms with Crippen LogP contribution in [0, 0.1) is 0 Å². The molecular weight excluding hydrogens is 462 g/mol. The minimum absolute atomic E-state index is 0.0228. The summed E-state index contributed by atoms with van der Waals surface area (Å²) >= 11 is 0. The Balaban J connectivity index is 1.64. The van der Waals surface area contributed by atoms with E-state index >= 15 is 0 Å². The summed E-state index contributed by atoms with van der Waals surface area (Å²) in [6.45, 7) is 0.634. The van der Waals surface area contributed by atoms with Crippen molar-refractivity contribution in [1.82, 2.24) is 15.5 Å². The first kappa shape index (κ1) is 25.4. The summed E-state index contributed by atoms with van der Waals surface area (Å²) in [5.74, 6) is -2.72. The quantitative estimate of drug-likeness (QED) is 0.199. The monoisotopic (exact) mass is 489 g/mol. The summed E-state index contributed by atoms with van der Waals surface area (Å²) < 4.78 is 0. The smallest absolute Gasteiger partial charge is 0.326 e. The van der Waals surface area contributed by atoms with E-state index in [2.05, 4.69) is 20.6 Å². The zero-order valence-corrected chi connectivity index (χ0v) is 18.9. The fraction of sp³-hybridized carbons (Fsp3) is 0.429. The number of hydrogen-bond donors (Lipinski definition) is 6. The zero-order valence-electron chi connectivity index (χ0n) is 18.9. The van der Waals surface area contributed by atoms with Gasteiger partial charge in [-0.25, -0.2) is 9.79 Å². The van der Waals surface area contributed by atoms with E-state index in [-0.39, 0.29) is 37.0 Å². The molecule has 14 heteroatoms. The number of fused-ring (bicyclic) bond motifs is 1. The zero-order chi connectivity index (χ0) is 25.7. The second-order valence-electron chi connectivity index (χ2n) is 8.15. The molecule has 2 aliphatic rings. The molecule has 2 amide bonds. The highest BCUT2D eigenvalue weighted by molar-refractivity contribution is 6.05. The van der Waals surface area contributed by atoms with Gasteiger partial charge in [0.25, 0.3) is 5.91 Å². The number of benzene rings is 1. The number of likely N-dealkylation sites (N-methyl/N-ethyl adjacent to an activating group) is 1. The molecule has 0 aliphatic carbocycles. The molecule has 35 heavy (non-hydrogen) atoms. The Hall–Kier alpha value is -4.20. The maximum Gasteiger partial charge on any atom is 0.326 e. The first-order chi connectivity index (χ1) is 16.6. The highest BCUT2D eigenvalue weighted by atomic mass is 16.4. The molecule has 0 saturated carbocycles. The molecule has 2 aliphatic heterocycles. The van der Waals surface area contributed by atoms with Crippen LogP contribution in [0.1, 0.15) is 23.2 Å². The second-order valence-corrected chi connectivity index (χ2v) is 8.15. The Labute approximate surface area is 200 Å². The molecule has 0 fully saturated rings. The van der Waals surface area contributed by atoms with Crippen molar-refractivity contribution in [2.75, 3.05) is 25.0 Å². The van der Waals surface area contributed by atoms with Crippen molar-refractivity contribution in [3.63, 3.8) is 0 Å². The topological polar surface area (TPSA) is 210 Å². The molecule has 1 aromatic rings. The van der Waals surface area contributed by atoms with Crippen molar-refractivity contribution < 1.29 is 34.5 Å². The van der Waals surface area contributed by atoms with E-state index in [0.717, 1.165) is 0 Å². The number of aliphatic carboxylic acids is 2. The number of aliphatic hydroxyl groups excluding tert-OH is 1. The highest BCUT2D eigenvalue weighted by Crippen LogP contribution is 2.21. The van der Waals surface area contributed by atoms with E-state index in [1.807, 2.05) is 4.90 Å². The summed E-state index contributed by atoms with van der Waals surface area (Å²) in [6.07, 6.45) is -1.23. The molecule has 4 atom stereocenters. The number of carboxylic acid groups (broad SMARTS) is 2. The summed E-state index contributed by atoms with van der Waals surface area (Å²) in [5, 5.41) is 33.3. The Morgan fingerprint density at radius 1 is 1.31 bits per heavy atom. The van der Waals surface area contributed by atoms with Gasteiger partial charge >= 0.3 is 11.9 Å². The standard InChI is InChI=1S/C21H27N7O7/c1-27(9-13-8-23-17-16(28(13)10-29)19(33)26-21(22)25-17)12-4-2-11(3-5-12)18(32)24-14(20(34)35)6-7-15(30)31/h2-5,10,13-14,16,19,33H,6-9H2,1H3,(H,24,32)(H,30,31)(H,34,35)(H3,22,23,25,26)/t13?,14-,16?,19?/m0/s1. The van der Waals surface area contributed by atoms with Gasteiger partial charge in [0.15, 0.2) is 12.2 Å². The number of rotatable bonds is 10. The largest absolute Gasteiger partial charge is 0.481 e. The van der Waals surface area contributed by atoms with Crippen LogP contribution in [0.5, 0.6) is 0 Å². The number of carboxylic acids is 2. The van der Waals surface area contributed by atoms with E-state index in [1.165, 1.54) is 17.0 Å². The average molecular weight is 489 g/mol. The van der Waals surface area contributed by atoms with Crippen LogP contribution >= 0.6 is 0 Å². The van der Waals surface area contributed by atoms with Crippen molar-refractivity contribution in [3.8, 4) is 0 Å². The first-order valence-corrected chi connectivity index (χ1v) is 10.7. The minimum atomic E-state index is -1.32. The van der Waals surface area contributed by atoms with Gasteiger partial charge in [0.2, 0.25) is 6.41 Å². The van der Waals surface area contributed by atoms with Crippen molar-refractivity contribution in [3.05, 3.63) is 29.8 Å². The predicted octanol–water partition coefficient (Wildman–Crippen LogP) is -1.99. The number of hydrogen-bond acceptors (Lipinski definition) is 10. The molecule has 0 saturated heterocycles. The predicted molar refractivity (Wildman–Crippen MR) is 124 cm³/mol. The van der Waals surface area contributed by atoms with Crippen LogP contribution in [0.15, 0.2) is 34.3 Å². The van der Waals surface area contributed by atoms with Crippen LogP contribution < -0.4 is 21.3 Å². The molecular formula is C21H27N7O7. The lowest BCUT2D eigenvalue weighted by Crippen LogP contribution is -2.65. The van der Waals surface area contributed by atoms with Crippen LogP contribution in [0.25, 0.3) is 0 Å². The van der Waals surface area contributed by atoms with E-state index in [0.29, 0.717) is 24.5 Å². The maximum absolute atomic E-state index is 12.4. The van der Waals surface area contributed by atoms with Crippen LogP contribution in [-0.4, -0.2) is 101 Å². The lowest BCUT2D eigenvalue weighted by atomic mass is 10.1. The molecule has 188 valence electrons. The van der Waals surface area contributed by atoms with Gasteiger partial charge in [-0.3, -0.25) is 19.4 Å². The van der Waals surface area contributed by atoms with Gasteiger partial charge in [0.05, 0.1) is 12.6 Å². The average Bonchev–Trinajstić information content (AvgIpc) is 2.81. The van der Waals surface area contributed by atoms with E-state index in [9.17, 15) is 29.4 Å². The number of nitrogens with zero attached hydrogens (tertiary/aromatic N) is 4. The van der Waals surface area contributed by atoms with Gasteiger partial charge in [-0.1, -0.05) is 0 Å². The third-order valence-corrected chi connectivity index (χ3v) is 5.73. The molecule has 3 unspecified atom stereocenters. The summed E-state index contributed by atoms with van der Waals surface area (Å²) in [5.41, 5.74) is 6.53. The van der Waals surface area contributed by atoms with Gasteiger partial charge < -0.3 is 41.5 Å². The number of nitrogens with two attached hydrogens (primary N) is 1. The van der Waals surface area contributed by atoms with E-state index in [1.54, 1.807) is 19.2 Å². The van der Waals surface area contributed by atoms with Crippen molar-refractivity contribution in [2.24, 2.45) is 15.7 Å². The Morgan fingerprint density at radius 3 is 2.60 bits per heavy atom.